The van der Waals surface area contributed by atoms with Crippen molar-refractivity contribution in [1.82, 2.24) is 0 Å². The first-order valence-electron chi connectivity index (χ1n) is 10.9. The number of benzene rings is 2. The molecule has 0 saturated carbocycles. The summed E-state index contributed by atoms with van der Waals surface area (Å²) in [6.45, 7) is 2.05. The van der Waals surface area contributed by atoms with E-state index in [2.05, 4.69) is 26.0 Å². The van der Waals surface area contributed by atoms with Crippen molar-refractivity contribution in [2.45, 2.75) is 57.9 Å². The Balaban J connectivity index is 1.69. The van der Waals surface area contributed by atoms with Gasteiger partial charge in [-0.05, 0) is 69.6 Å². The zero-order valence-electron chi connectivity index (χ0n) is 18.5. The van der Waals surface area contributed by atoms with Crippen LogP contribution in [0.5, 0.6) is 11.5 Å². The molecule has 0 spiro atoms. The van der Waals surface area contributed by atoms with E-state index in [1.807, 2.05) is 36.4 Å². The Morgan fingerprint density at radius 1 is 1.15 bits per heavy atom. The Kier molecular flexibility index (Phi) is 3.48. The van der Waals surface area contributed by atoms with Crippen molar-refractivity contribution in [1.29, 1.82) is 0 Å². The van der Waals surface area contributed by atoms with Gasteiger partial charge in [-0.1, -0.05) is 42.0 Å². The molecule has 1 heterocycles. The van der Waals surface area contributed by atoms with Crippen LogP contribution in [0, 0.1) is 5.92 Å². The molecule has 1 N–H and O–H groups in total. The van der Waals surface area contributed by atoms with E-state index < -0.39 is 12.5 Å². The van der Waals surface area contributed by atoms with E-state index in [0.717, 1.165) is 30.4 Å². The van der Waals surface area contributed by atoms with Gasteiger partial charge < -0.3 is 9.84 Å². The van der Waals surface area contributed by atoms with E-state index in [9.17, 15) is 5.11 Å². The Morgan fingerprint density at radius 2 is 1.92 bits per heavy atom. The van der Waals surface area contributed by atoms with Crippen molar-refractivity contribution < 1.29 is 14.0 Å². The summed E-state index contributed by atoms with van der Waals surface area (Å²) in [5.74, 6) is 0.893. The fourth-order valence-corrected chi connectivity index (χ4v) is 4.49. The smallest absolute Gasteiger partial charge is 0.127 e. The molecule has 0 saturated heterocycles. The second kappa shape index (κ2) is 6.50. The Bertz CT molecular complexity index is 929. The van der Waals surface area contributed by atoms with Crippen molar-refractivity contribution >= 4 is 0 Å². The van der Waals surface area contributed by atoms with Crippen LogP contribution in [0.1, 0.15) is 60.3 Å². The zero-order chi connectivity index (χ0) is 20.8. The number of phenols is 1. The lowest BCUT2D eigenvalue weighted by molar-refractivity contribution is 0.0107. The number of allylic oxidation sites excluding steroid dienone is 2. The third-order valence-electron chi connectivity index (χ3n) is 5.86. The van der Waals surface area contributed by atoms with Crippen LogP contribution < -0.4 is 4.74 Å². The van der Waals surface area contributed by atoms with Gasteiger partial charge >= 0.3 is 0 Å². The second-order valence-corrected chi connectivity index (χ2v) is 8.08. The molecule has 2 nitrogen and oxygen atoms in total. The molecule has 0 amide bonds. The van der Waals surface area contributed by atoms with Crippen molar-refractivity contribution in [2.24, 2.45) is 5.92 Å². The predicted octanol–water partition coefficient (Wildman–Crippen LogP) is 5.79. The van der Waals surface area contributed by atoms with Gasteiger partial charge in [-0.15, -0.1) is 0 Å². The SMILES string of the molecule is [2H]C([2H])([2H])C1=C[C@H]2c3c(O)cc(CCc4ccccc4)cc3OC(C)(C)[C@@H]2CC1. The number of hydrogen-bond acceptors (Lipinski definition) is 2. The van der Waals surface area contributed by atoms with E-state index >= 15 is 0 Å². The summed E-state index contributed by atoms with van der Waals surface area (Å²) in [6.07, 6.45) is 4.86. The summed E-state index contributed by atoms with van der Waals surface area (Å²) in [7, 11) is 0. The van der Waals surface area contributed by atoms with Crippen LogP contribution in [0.4, 0.5) is 0 Å². The predicted molar refractivity (Wildman–Crippen MR) is 106 cm³/mol. The lowest BCUT2D eigenvalue weighted by Crippen LogP contribution is -2.45. The molecule has 0 fully saturated rings. The number of rotatable bonds is 3. The molecular weight excluding hydrogens is 320 g/mol. The molecule has 0 radical (unpaired) electrons. The molecule has 26 heavy (non-hydrogen) atoms. The number of aryl methyl sites for hydroxylation is 2. The van der Waals surface area contributed by atoms with Gasteiger partial charge in [0.15, 0.2) is 0 Å². The molecule has 2 aromatic carbocycles. The molecule has 2 heteroatoms. The third-order valence-corrected chi connectivity index (χ3v) is 5.86. The first-order chi connectivity index (χ1) is 13.6. The lowest BCUT2D eigenvalue weighted by atomic mass is 9.68. The largest absolute Gasteiger partial charge is 0.507 e. The molecule has 2 aromatic rings. The van der Waals surface area contributed by atoms with Crippen LogP contribution in [-0.2, 0) is 12.8 Å². The van der Waals surface area contributed by atoms with Crippen molar-refractivity contribution in [3.63, 3.8) is 0 Å². The number of fused-ring (bicyclic) bond motifs is 3. The number of aromatic hydroxyl groups is 1. The van der Waals surface area contributed by atoms with Gasteiger partial charge in [0.1, 0.15) is 17.1 Å². The van der Waals surface area contributed by atoms with E-state index in [1.165, 1.54) is 5.56 Å². The highest BCUT2D eigenvalue weighted by Crippen LogP contribution is 2.53. The molecule has 1 aliphatic heterocycles. The molecular formula is C24H28O2. The highest BCUT2D eigenvalue weighted by Gasteiger charge is 2.45. The molecule has 0 bridgehead atoms. The average Bonchev–Trinajstić information content (AvgIpc) is 2.65. The summed E-state index contributed by atoms with van der Waals surface area (Å²) in [5, 5.41) is 10.9. The zero-order valence-corrected chi connectivity index (χ0v) is 15.5. The monoisotopic (exact) mass is 351 g/mol. The maximum Gasteiger partial charge on any atom is 0.127 e. The van der Waals surface area contributed by atoms with E-state index in [1.54, 1.807) is 0 Å². The minimum atomic E-state index is -2.08. The van der Waals surface area contributed by atoms with Gasteiger partial charge in [0.05, 0.1) is 0 Å². The summed E-state index contributed by atoms with van der Waals surface area (Å²) >= 11 is 0. The second-order valence-electron chi connectivity index (χ2n) is 8.08. The van der Waals surface area contributed by atoms with Crippen molar-refractivity contribution in [3.8, 4) is 11.5 Å². The fraction of sp³-hybridized carbons (Fsp3) is 0.417. The third kappa shape index (κ3) is 3.13. The van der Waals surface area contributed by atoms with Gasteiger partial charge in [-0.2, -0.15) is 0 Å². The van der Waals surface area contributed by atoms with Gasteiger partial charge in [0.2, 0.25) is 0 Å². The molecule has 2 aliphatic rings. The van der Waals surface area contributed by atoms with Gasteiger partial charge in [-0.25, -0.2) is 0 Å². The van der Waals surface area contributed by atoms with Crippen LogP contribution >= 0.6 is 0 Å². The highest BCUT2D eigenvalue weighted by molar-refractivity contribution is 5.54. The van der Waals surface area contributed by atoms with Gasteiger partial charge in [-0.3, -0.25) is 0 Å². The van der Waals surface area contributed by atoms with Crippen LogP contribution in [0.15, 0.2) is 54.1 Å². The number of ether oxygens (including phenoxy) is 1. The minimum absolute atomic E-state index is 0.138. The first kappa shape index (κ1) is 13.9. The van der Waals surface area contributed by atoms with Crippen LogP contribution in [0.3, 0.4) is 0 Å². The Hall–Kier alpha value is -2.22. The molecule has 0 unspecified atom stereocenters. The van der Waals surface area contributed by atoms with Crippen LogP contribution in [-0.4, -0.2) is 10.7 Å². The molecule has 136 valence electrons. The lowest BCUT2D eigenvalue weighted by Gasteiger charge is -2.46. The number of phenolic OH excluding ortho intramolecular Hbond substituents is 1. The molecule has 4 rings (SSSR count). The summed E-state index contributed by atoms with van der Waals surface area (Å²) in [6, 6.07) is 14.1. The summed E-state index contributed by atoms with van der Waals surface area (Å²) in [5.41, 5.74) is 3.09. The van der Waals surface area contributed by atoms with Gasteiger partial charge in [0.25, 0.3) is 0 Å². The quantitative estimate of drug-likeness (QED) is 0.709. The summed E-state index contributed by atoms with van der Waals surface area (Å²) < 4.78 is 29.8. The number of hydrogen-bond donors (Lipinski definition) is 1. The van der Waals surface area contributed by atoms with Crippen LogP contribution in [0.2, 0.25) is 0 Å². The molecule has 2 atom stereocenters. The minimum Gasteiger partial charge on any atom is -0.507 e. The van der Waals surface area contributed by atoms with Crippen molar-refractivity contribution in [3.05, 3.63) is 70.8 Å². The van der Waals surface area contributed by atoms with Crippen LogP contribution in [0.25, 0.3) is 0 Å². The topological polar surface area (TPSA) is 29.5 Å². The Morgan fingerprint density at radius 3 is 2.69 bits per heavy atom. The normalized spacial score (nSPS) is 25.6. The molecule has 0 aromatic heterocycles. The van der Waals surface area contributed by atoms with E-state index in [-0.39, 0.29) is 17.6 Å². The Labute approximate surface area is 160 Å². The standard InChI is InChI=1S/C24H28O2/c1-16-9-12-20-19(13-16)23-21(25)14-18(15-22(23)26-24(20,2)3)11-10-17-7-5-4-6-8-17/h4-8,13-15,19-20,25H,9-12H2,1-3H3/t19-,20-/m1/s1/i1D3. The van der Waals surface area contributed by atoms with E-state index in [4.69, 9.17) is 8.85 Å². The maximum absolute atomic E-state index is 10.9. The first-order valence-corrected chi connectivity index (χ1v) is 9.45. The van der Waals surface area contributed by atoms with Crippen molar-refractivity contribution in [2.75, 3.05) is 0 Å². The summed E-state index contributed by atoms with van der Waals surface area (Å²) in [4.78, 5) is 0. The fourth-order valence-electron chi connectivity index (χ4n) is 4.49. The van der Waals surface area contributed by atoms with Gasteiger partial charge in [0, 0.05) is 21.5 Å². The molecule has 1 aliphatic carbocycles. The van der Waals surface area contributed by atoms with E-state index in [0.29, 0.717) is 17.7 Å². The maximum atomic E-state index is 10.9. The average molecular weight is 352 g/mol. The highest BCUT2D eigenvalue weighted by atomic mass is 16.5.